The summed E-state index contributed by atoms with van der Waals surface area (Å²) in [6.45, 7) is 36.0. The fourth-order valence-corrected chi connectivity index (χ4v) is 13.9. The van der Waals surface area contributed by atoms with Crippen molar-refractivity contribution in [3.8, 4) is 0 Å². The van der Waals surface area contributed by atoms with E-state index in [2.05, 4.69) is 36.1 Å². The summed E-state index contributed by atoms with van der Waals surface area (Å²) < 4.78 is 53.1. The Labute approximate surface area is 862 Å². The number of hydroxylamine groups is 1. The maximum Gasteiger partial charge on any atom is 0.408 e. The van der Waals surface area contributed by atoms with Crippen molar-refractivity contribution in [3.63, 3.8) is 0 Å². The van der Waals surface area contributed by atoms with E-state index in [1.54, 1.807) is 284 Å². The molecule has 11 rings (SSSR count). The molecular weight excluding hydrogens is 1870 g/mol. The molecule has 2 aliphatic heterocycles. The van der Waals surface area contributed by atoms with Crippen molar-refractivity contribution < 1.29 is 115 Å². The van der Waals surface area contributed by atoms with E-state index in [-0.39, 0.29) is 5.91 Å². The van der Waals surface area contributed by atoms with Crippen LogP contribution in [0, 0.1) is 16.2 Å². The first-order valence-corrected chi connectivity index (χ1v) is 46.7. The predicted octanol–water partition coefficient (Wildman–Crippen LogP) is 17.8. The number of carbonyl (C=O) groups is 12. The number of esters is 5. The molecule has 9 aromatic carbocycles. The van der Waals surface area contributed by atoms with E-state index in [0.717, 1.165) is 15.4 Å². The van der Waals surface area contributed by atoms with E-state index in [1.165, 1.54) is 57.8 Å². The maximum atomic E-state index is 13.1. The third-order valence-corrected chi connectivity index (χ3v) is 24.9. The number of urea groups is 3. The Balaban J connectivity index is 0.000000568. The summed E-state index contributed by atoms with van der Waals surface area (Å²) in [5.74, 6) is -4.05. The van der Waals surface area contributed by atoms with Crippen molar-refractivity contribution in [1.29, 1.82) is 0 Å². The zero-order chi connectivity index (χ0) is 111. The van der Waals surface area contributed by atoms with Gasteiger partial charge in [-0.2, -0.15) is 0 Å². The summed E-state index contributed by atoms with van der Waals surface area (Å²) in [5.41, 5.74) is 2.39. The minimum absolute atomic E-state index is 0.388. The maximum absolute atomic E-state index is 13.1. The number of hydrogen-bond acceptors (Lipinski definition) is 25. The third-order valence-electron chi connectivity index (χ3n) is 24.9. The Hall–Kier alpha value is -14.1. The van der Waals surface area contributed by atoms with Crippen LogP contribution in [0.1, 0.15) is 189 Å². The molecule has 33 heteroatoms. The summed E-state index contributed by atoms with van der Waals surface area (Å²) in [5, 5.41) is 22.5. The highest BCUT2D eigenvalue weighted by molar-refractivity contribution is 6.09. The molecule has 0 bridgehead atoms. The van der Waals surface area contributed by atoms with Gasteiger partial charge in [0.2, 0.25) is 0 Å². The Bertz CT molecular complexity index is 5230. The number of imide groups is 2. The van der Waals surface area contributed by atoms with Crippen molar-refractivity contribution in [2.75, 3.05) is 78.2 Å². The molecule has 2 heterocycles. The molecule has 5 unspecified atom stereocenters. The molecule has 796 valence electrons. The van der Waals surface area contributed by atoms with Gasteiger partial charge in [0.05, 0.1) is 94.8 Å². The van der Waals surface area contributed by atoms with Gasteiger partial charge < -0.3 is 84.4 Å². The highest BCUT2D eigenvalue weighted by Gasteiger charge is 2.61. The molecule has 0 aliphatic carbocycles. The van der Waals surface area contributed by atoms with E-state index in [4.69, 9.17) is 53.6 Å². The number of nitrogens with one attached hydrogen (secondary N) is 6. The van der Waals surface area contributed by atoms with E-state index < -0.39 is 132 Å². The van der Waals surface area contributed by atoms with Crippen LogP contribution in [0.15, 0.2) is 273 Å². The van der Waals surface area contributed by atoms with Gasteiger partial charge in [-0.15, -0.1) is 0 Å². The van der Waals surface area contributed by atoms with Gasteiger partial charge in [0.15, 0.2) is 11.1 Å². The summed E-state index contributed by atoms with van der Waals surface area (Å²) in [7, 11) is 16.5. The SMILES string of the molecule is CC1(c2ccccc2)NC(=O)N(C(C)(C)C(C)(C)C(=O)NO)C1=O.COC.COC(=O)C(C)(C)C(C)(C)N1C(=O)NC(C)(c2ccccc2)C1=O.COC(=O)C(C)(N)c1ccccc1.COC(=O)C(C)(NC(=O)NC(C)(C)C(C)(C)C(=O)OC)c1ccccc1.COC(=O)C(C)(NC(=O)OC(C)(C)C)c1ccccc1.COCc1ccccc1.COCc1ccccc1.COCc1ccccc1.COCc1ccccc1. The lowest BCUT2D eigenvalue weighted by Gasteiger charge is -2.44. The largest absolute Gasteiger partial charge is 0.469 e. The zero-order valence-electron chi connectivity index (χ0n) is 90.6. The number of hydrogen-bond donors (Lipinski definition) is 8. The summed E-state index contributed by atoms with van der Waals surface area (Å²) in [6.07, 6.45) is -0.672. The Morgan fingerprint density at radius 1 is 0.329 bits per heavy atom. The van der Waals surface area contributed by atoms with Crippen LogP contribution in [-0.2, 0) is 145 Å². The van der Waals surface area contributed by atoms with Crippen LogP contribution in [0.4, 0.5) is 19.2 Å². The molecular formula is C113H155N9O24. The quantitative estimate of drug-likeness (QED) is 0.00779. The minimum Gasteiger partial charge on any atom is -0.469 e. The van der Waals surface area contributed by atoms with Gasteiger partial charge in [-0.25, -0.2) is 39.0 Å². The molecule has 2 aliphatic rings. The van der Waals surface area contributed by atoms with E-state index >= 15 is 0 Å². The molecule has 0 saturated carbocycles. The first kappa shape index (κ1) is 128. The number of carbonyl (C=O) groups excluding carboxylic acids is 12. The molecule has 2 saturated heterocycles. The van der Waals surface area contributed by atoms with Gasteiger partial charge >= 0.3 is 54.0 Å². The highest BCUT2D eigenvalue weighted by atomic mass is 16.6. The van der Waals surface area contributed by atoms with Gasteiger partial charge in [0, 0.05) is 42.7 Å². The van der Waals surface area contributed by atoms with Crippen molar-refractivity contribution >= 4 is 71.8 Å². The van der Waals surface area contributed by atoms with E-state index in [9.17, 15) is 57.5 Å². The lowest BCUT2D eigenvalue weighted by molar-refractivity contribution is -0.160. The van der Waals surface area contributed by atoms with Crippen LogP contribution >= 0.6 is 0 Å². The molecule has 0 aromatic heterocycles. The average Bonchev–Trinajstić information content (AvgIpc) is 1.57. The van der Waals surface area contributed by atoms with Gasteiger partial charge in [0.1, 0.15) is 22.2 Å². The number of methoxy groups -OCH3 is 10. The fraction of sp³-hybridized carbons (Fsp3) is 0.416. The number of nitrogens with two attached hydrogens (primary N) is 1. The van der Waals surface area contributed by atoms with Gasteiger partial charge in [-0.1, -0.05) is 273 Å². The lowest BCUT2D eigenvalue weighted by atomic mass is 9.72. The molecule has 9 N–H and O–H groups in total. The van der Waals surface area contributed by atoms with E-state index in [0.29, 0.717) is 48.7 Å². The standard InChI is InChI=1S/C19H28N2O5.C18H24N2O4.C17H23N3O4.C15H21NO4.C10H13NO2.4C8H10O.C2H6O/c1-17(2,14(22)25-6)18(3,4)20-16(24)21-19(5,15(23)26-7)13-11-9-8-10-12-13;1-16(2,14(22)24-6)17(3,4)20-13(21)18(5,19-15(20)23)12-10-8-7-9-11-12;1-15(2,12(21)19-24)16(3,4)20-13(22)17(5,18-14(20)23)11-9-7-6-8-10-11;1-14(2,3)20-13(18)16-15(4,12(17)19-5)11-9-7-6-8-10-11;1-10(11,9(12)13-2)8-6-4-3-5-7-8;4*1-9-7-8-5-3-2-4-6-8;1-3-2/h8-12H,1-7H3,(H2,20,21,24);7-11H,1-6H3,(H,19,23);6-10,24H,1-5H3,(H,18,23)(H,19,21);6-10H,1-5H3,(H,16,18);3-7H,11H2,1-2H3;4*2-6H,7H2,1H3;1-2H3. The fourth-order valence-electron chi connectivity index (χ4n) is 13.9. The summed E-state index contributed by atoms with van der Waals surface area (Å²) >= 11 is 0. The minimum atomic E-state index is -1.38. The lowest BCUT2D eigenvalue weighted by Crippen LogP contribution is -2.62. The Morgan fingerprint density at radius 3 is 0.836 bits per heavy atom. The zero-order valence-corrected chi connectivity index (χ0v) is 90.6. The van der Waals surface area contributed by atoms with E-state index in [1.807, 2.05) is 176 Å². The third kappa shape index (κ3) is 36.0. The number of ether oxygens (including phenoxy) is 11. The van der Waals surface area contributed by atoms with Gasteiger partial charge in [0.25, 0.3) is 17.7 Å². The van der Waals surface area contributed by atoms with Gasteiger partial charge in [-0.3, -0.25) is 39.0 Å². The second kappa shape index (κ2) is 59.4. The van der Waals surface area contributed by atoms with Crippen molar-refractivity contribution in [2.45, 2.75) is 215 Å². The van der Waals surface area contributed by atoms with Crippen molar-refractivity contribution in [3.05, 3.63) is 323 Å². The van der Waals surface area contributed by atoms with Crippen LogP contribution in [0.5, 0.6) is 0 Å². The van der Waals surface area contributed by atoms with Crippen LogP contribution in [0.3, 0.4) is 0 Å². The molecule has 0 radical (unpaired) electrons. The average molecular weight is 2020 g/mol. The van der Waals surface area contributed by atoms with Crippen LogP contribution in [0.2, 0.25) is 0 Å². The number of rotatable bonds is 27. The van der Waals surface area contributed by atoms with Crippen LogP contribution in [0.25, 0.3) is 0 Å². The second-order valence-electron chi connectivity index (χ2n) is 38.5. The Morgan fingerprint density at radius 2 is 0.575 bits per heavy atom. The topological polar surface area (TPSA) is 431 Å². The number of amides is 10. The van der Waals surface area contributed by atoms with Gasteiger partial charge in [-0.05, 0) is 189 Å². The molecule has 10 amide bonds. The second-order valence-corrected chi connectivity index (χ2v) is 38.5. The first-order chi connectivity index (χ1) is 68.3. The summed E-state index contributed by atoms with van der Waals surface area (Å²) in [6, 6.07) is 83.5. The highest BCUT2D eigenvalue weighted by Crippen LogP contribution is 2.44. The molecule has 33 nitrogen and oxygen atoms in total. The van der Waals surface area contributed by atoms with Crippen molar-refractivity contribution in [1.82, 2.24) is 41.9 Å². The first-order valence-electron chi connectivity index (χ1n) is 46.7. The normalized spacial score (nSPS) is 15.3. The van der Waals surface area contributed by atoms with Crippen LogP contribution < -0.4 is 37.8 Å². The molecule has 9 aromatic rings. The predicted molar refractivity (Wildman–Crippen MR) is 560 cm³/mol. The Kier molecular flexibility index (Phi) is 52.1. The number of benzene rings is 9. The smallest absolute Gasteiger partial charge is 0.408 e. The van der Waals surface area contributed by atoms with Crippen molar-refractivity contribution in [2.24, 2.45) is 22.0 Å². The molecule has 0 spiro atoms. The molecule has 5 atom stereocenters. The summed E-state index contributed by atoms with van der Waals surface area (Å²) in [4.78, 5) is 150. The monoisotopic (exact) mass is 2020 g/mol. The molecule has 146 heavy (non-hydrogen) atoms. The number of nitrogens with zero attached hydrogens (tertiary/aromatic N) is 2. The van der Waals surface area contributed by atoms with Crippen LogP contribution in [-0.4, -0.2) is 187 Å². The number of alkyl carbamates (subject to hydrolysis) is 1. The molecule has 2 fully saturated rings.